The SMILES string of the molecule is NC(CC1CCCCC1)P(=O)(O)C/C(=C\c1cccc(I)c1)C(=O)O. The van der Waals surface area contributed by atoms with Gasteiger partial charge in [-0.1, -0.05) is 44.2 Å². The third-order valence-corrected chi connectivity index (χ3v) is 7.39. The van der Waals surface area contributed by atoms with Crippen molar-refractivity contribution in [1.29, 1.82) is 0 Å². The lowest BCUT2D eigenvalue weighted by Crippen LogP contribution is -2.27. The molecule has 1 aromatic rings. The van der Waals surface area contributed by atoms with E-state index in [2.05, 4.69) is 22.6 Å². The number of hydrogen-bond donors (Lipinski definition) is 3. The molecule has 7 heteroatoms. The lowest BCUT2D eigenvalue weighted by molar-refractivity contribution is -0.132. The largest absolute Gasteiger partial charge is 0.478 e. The lowest BCUT2D eigenvalue weighted by atomic mass is 9.87. The Hall–Kier alpha value is -0.690. The lowest BCUT2D eigenvalue weighted by Gasteiger charge is -2.27. The van der Waals surface area contributed by atoms with E-state index in [0.717, 1.165) is 29.3 Å². The molecule has 1 aliphatic carbocycles. The quantitative estimate of drug-likeness (QED) is 0.309. The van der Waals surface area contributed by atoms with Crippen molar-refractivity contribution in [1.82, 2.24) is 0 Å². The molecule has 2 atom stereocenters. The number of carbonyl (C=O) groups is 1. The van der Waals surface area contributed by atoms with Crippen molar-refractivity contribution in [2.45, 2.75) is 44.3 Å². The fourth-order valence-electron chi connectivity index (χ4n) is 3.26. The Labute approximate surface area is 162 Å². The van der Waals surface area contributed by atoms with Crippen LogP contribution in [0.15, 0.2) is 29.8 Å². The van der Waals surface area contributed by atoms with Gasteiger partial charge in [-0.05, 0) is 58.7 Å². The van der Waals surface area contributed by atoms with E-state index in [1.54, 1.807) is 6.07 Å². The predicted octanol–water partition coefficient (Wildman–Crippen LogP) is 4.28. The molecule has 0 aliphatic heterocycles. The first-order chi connectivity index (χ1) is 11.8. The average Bonchev–Trinajstić information content (AvgIpc) is 2.55. The van der Waals surface area contributed by atoms with Crippen molar-refractivity contribution in [3.05, 3.63) is 39.0 Å². The standard InChI is InChI=1S/C18H25INO4P/c19-16-8-4-7-14(10-16)9-15(18(21)22)12-25(23,24)17(20)11-13-5-2-1-3-6-13/h4,7-10,13,17H,1-3,5-6,11-12,20H2,(H,21,22)(H,23,24)/b15-9+. The van der Waals surface area contributed by atoms with Crippen molar-refractivity contribution in [2.24, 2.45) is 11.7 Å². The second-order valence-electron chi connectivity index (χ2n) is 6.75. The van der Waals surface area contributed by atoms with Crippen molar-refractivity contribution in [2.75, 3.05) is 6.16 Å². The zero-order chi connectivity index (χ0) is 18.4. The smallest absolute Gasteiger partial charge is 0.332 e. The highest BCUT2D eigenvalue weighted by molar-refractivity contribution is 14.1. The second-order valence-corrected chi connectivity index (χ2v) is 10.5. The topological polar surface area (TPSA) is 101 Å². The maximum atomic E-state index is 12.7. The molecule has 1 aromatic carbocycles. The zero-order valence-electron chi connectivity index (χ0n) is 14.1. The molecule has 1 aliphatic rings. The van der Waals surface area contributed by atoms with Crippen molar-refractivity contribution < 1.29 is 19.4 Å². The summed E-state index contributed by atoms with van der Waals surface area (Å²) in [6.45, 7) is 0. The van der Waals surface area contributed by atoms with Gasteiger partial charge in [0.1, 0.15) is 0 Å². The predicted molar refractivity (Wildman–Crippen MR) is 109 cm³/mol. The van der Waals surface area contributed by atoms with Gasteiger partial charge in [-0.25, -0.2) is 4.79 Å². The molecule has 138 valence electrons. The molecule has 0 saturated heterocycles. The second kappa shape index (κ2) is 9.31. The van der Waals surface area contributed by atoms with Crippen LogP contribution in [0.1, 0.15) is 44.1 Å². The molecule has 0 aromatic heterocycles. The molecule has 1 fully saturated rings. The Morgan fingerprint density at radius 1 is 1.36 bits per heavy atom. The van der Waals surface area contributed by atoms with Gasteiger partial charge in [0.25, 0.3) is 0 Å². The van der Waals surface area contributed by atoms with Crippen molar-refractivity contribution >= 4 is 42.0 Å². The molecule has 4 N–H and O–H groups in total. The van der Waals surface area contributed by atoms with E-state index in [0.29, 0.717) is 17.9 Å². The van der Waals surface area contributed by atoms with Gasteiger partial charge >= 0.3 is 5.97 Å². The van der Waals surface area contributed by atoms with E-state index in [1.165, 1.54) is 12.5 Å². The number of halogens is 1. The van der Waals surface area contributed by atoms with Crippen molar-refractivity contribution in [3.63, 3.8) is 0 Å². The van der Waals surface area contributed by atoms with Gasteiger partial charge in [-0.15, -0.1) is 0 Å². The summed E-state index contributed by atoms with van der Waals surface area (Å²) in [5, 5.41) is 9.43. The maximum Gasteiger partial charge on any atom is 0.332 e. The maximum absolute atomic E-state index is 12.7. The molecule has 5 nitrogen and oxygen atoms in total. The van der Waals surface area contributed by atoms with E-state index in [4.69, 9.17) is 5.73 Å². The molecular formula is C18H25INO4P. The van der Waals surface area contributed by atoms with Gasteiger partial charge in [-0.2, -0.15) is 0 Å². The van der Waals surface area contributed by atoms with E-state index in [1.807, 2.05) is 18.2 Å². The van der Waals surface area contributed by atoms with Crippen LogP contribution in [0, 0.1) is 9.49 Å². The summed E-state index contributed by atoms with van der Waals surface area (Å²) in [5.74, 6) is -1.68. The highest BCUT2D eigenvalue weighted by Crippen LogP contribution is 2.49. The van der Waals surface area contributed by atoms with Crippen LogP contribution in [0.2, 0.25) is 0 Å². The highest BCUT2D eigenvalue weighted by atomic mass is 127. The first-order valence-electron chi connectivity index (χ1n) is 8.54. The number of carboxylic acids is 1. The van der Waals surface area contributed by atoms with Crippen LogP contribution in [0.4, 0.5) is 0 Å². The van der Waals surface area contributed by atoms with Gasteiger partial charge in [0, 0.05) is 9.14 Å². The highest BCUT2D eigenvalue weighted by Gasteiger charge is 2.32. The van der Waals surface area contributed by atoms with Crippen LogP contribution in [-0.4, -0.2) is 27.9 Å². The molecule has 0 radical (unpaired) electrons. The monoisotopic (exact) mass is 477 g/mol. The van der Waals surface area contributed by atoms with Gasteiger partial charge < -0.3 is 15.7 Å². The molecule has 1 saturated carbocycles. The van der Waals surface area contributed by atoms with Crippen LogP contribution in [-0.2, 0) is 9.36 Å². The van der Waals surface area contributed by atoms with Gasteiger partial charge in [0.05, 0.1) is 11.9 Å². The Morgan fingerprint density at radius 2 is 2.04 bits per heavy atom. The molecule has 0 amide bonds. The van der Waals surface area contributed by atoms with Crippen molar-refractivity contribution in [3.8, 4) is 0 Å². The summed E-state index contributed by atoms with van der Waals surface area (Å²) in [4.78, 5) is 21.9. The fraction of sp³-hybridized carbons (Fsp3) is 0.500. The van der Waals surface area contributed by atoms with Gasteiger partial charge in [0.2, 0.25) is 7.37 Å². The Bertz CT molecular complexity index is 685. The van der Waals surface area contributed by atoms with E-state index >= 15 is 0 Å². The van der Waals surface area contributed by atoms with Gasteiger partial charge in [-0.3, -0.25) is 4.57 Å². The summed E-state index contributed by atoms with van der Waals surface area (Å²) in [6.07, 6.45) is 7.12. The van der Waals surface area contributed by atoms with E-state index in [-0.39, 0.29) is 5.57 Å². The van der Waals surface area contributed by atoms with Gasteiger partial charge in [0.15, 0.2) is 0 Å². The summed E-state index contributed by atoms with van der Waals surface area (Å²) in [5.41, 5.74) is 6.64. The minimum absolute atomic E-state index is 0.0769. The van der Waals surface area contributed by atoms with Crippen LogP contribution in [0.25, 0.3) is 6.08 Å². The molecule has 2 rings (SSSR count). The number of hydrogen-bond acceptors (Lipinski definition) is 3. The molecule has 0 bridgehead atoms. The normalized spacial score (nSPS) is 20.0. The third kappa shape index (κ3) is 6.51. The number of aliphatic carboxylic acids is 1. The Balaban J connectivity index is 2.11. The fourth-order valence-corrected chi connectivity index (χ4v) is 5.41. The summed E-state index contributed by atoms with van der Waals surface area (Å²) in [7, 11) is -3.78. The average molecular weight is 477 g/mol. The Morgan fingerprint density at radius 3 is 2.64 bits per heavy atom. The minimum atomic E-state index is -3.78. The molecular weight excluding hydrogens is 452 g/mol. The van der Waals surface area contributed by atoms with Crippen LogP contribution in [0.3, 0.4) is 0 Å². The van der Waals surface area contributed by atoms with Crippen LogP contribution < -0.4 is 5.73 Å². The molecule has 2 unspecified atom stereocenters. The number of nitrogens with two attached hydrogens (primary N) is 1. The Kier molecular flexibility index (Phi) is 7.68. The molecule has 0 spiro atoms. The van der Waals surface area contributed by atoms with Crippen LogP contribution in [0.5, 0.6) is 0 Å². The number of benzene rings is 1. The first kappa shape index (κ1) is 20.6. The number of rotatable bonds is 7. The summed E-state index contributed by atoms with van der Waals surface area (Å²) < 4.78 is 13.7. The minimum Gasteiger partial charge on any atom is -0.478 e. The van der Waals surface area contributed by atoms with E-state index in [9.17, 15) is 19.4 Å². The zero-order valence-corrected chi connectivity index (χ0v) is 17.2. The molecule has 25 heavy (non-hydrogen) atoms. The molecule has 0 heterocycles. The summed E-state index contributed by atoms with van der Waals surface area (Å²) >= 11 is 2.14. The number of carboxylic acid groups (broad SMARTS) is 1. The first-order valence-corrected chi connectivity index (χ1v) is 11.5. The van der Waals surface area contributed by atoms with E-state index < -0.39 is 25.3 Å². The third-order valence-electron chi connectivity index (χ3n) is 4.68. The summed E-state index contributed by atoms with van der Waals surface area (Å²) in [6, 6.07) is 7.32. The van der Waals surface area contributed by atoms with Crippen LogP contribution >= 0.6 is 30.0 Å².